The molecule has 1 aromatic carbocycles. The van der Waals surface area contributed by atoms with Crippen LogP contribution < -0.4 is 10.6 Å². The maximum Gasteiger partial charge on any atom is 0.191 e. The Morgan fingerprint density at radius 3 is 2.60 bits per heavy atom. The van der Waals surface area contributed by atoms with Gasteiger partial charge in [-0.3, -0.25) is 4.99 Å². The highest BCUT2D eigenvalue weighted by atomic mass is 127. The van der Waals surface area contributed by atoms with E-state index < -0.39 is 0 Å². The van der Waals surface area contributed by atoms with Gasteiger partial charge in [0.1, 0.15) is 0 Å². The van der Waals surface area contributed by atoms with E-state index in [0.29, 0.717) is 13.2 Å². The van der Waals surface area contributed by atoms with Gasteiger partial charge in [-0.05, 0) is 18.1 Å². The zero-order valence-electron chi connectivity index (χ0n) is 12.2. The SMILES string of the molecule is C=CCNC(=NC)NCc1ccccc1COCC.I. The number of hydrogen-bond acceptors (Lipinski definition) is 2. The van der Waals surface area contributed by atoms with Crippen LogP contribution >= 0.6 is 24.0 Å². The number of aliphatic imine (C=N–C) groups is 1. The van der Waals surface area contributed by atoms with Crippen LogP contribution in [0.5, 0.6) is 0 Å². The van der Waals surface area contributed by atoms with Gasteiger partial charge in [0.25, 0.3) is 0 Å². The lowest BCUT2D eigenvalue weighted by Gasteiger charge is -2.13. The van der Waals surface area contributed by atoms with Gasteiger partial charge in [0.2, 0.25) is 0 Å². The summed E-state index contributed by atoms with van der Waals surface area (Å²) >= 11 is 0. The zero-order chi connectivity index (χ0) is 13.9. The van der Waals surface area contributed by atoms with Crippen molar-refractivity contribution in [3.05, 3.63) is 48.0 Å². The highest BCUT2D eigenvalue weighted by Crippen LogP contribution is 2.09. The predicted octanol–water partition coefficient (Wildman–Crippen LogP) is 2.69. The maximum atomic E-state index is 5.47. The molecule has 0 unspecified atom stereocenters. The molecule has 2 N–H and O–H groups in total. The van der Waals surface area contributed by atoms with E-state index in [4.69, 9.17) is 4.74 Å². The van der Waals surface area contributed by atoms with Gasteiger partial charge in [-0.25, -0.2) is 0 Å². The molecule has 0 bridgehead atoms. The molecule has 1 aromatic rings. The van der Waals surface area contributed by atoms with E-state index in [1.807, 2.05) is 19.1 Å². The number of rotatable bonds is 7. The molecule has 5 heteroatoms. The van der Waals surface area contributed by atoms with Crippen LogP contribution in [0.15, 0.2) is 41.9 Å². The highest BCUT2D eigenvalue weighted by Gasteiger charge is 2.02. The van der Waals surface area contributed by atoms with Crippen LogP contribution in [0.25, 0.3) is 0 Å². The van der Waals surface area contributed by atoms with Crippen molar-refractivity contribution in [3.8, 4) is 0 Å². The Labute approximate surface area is 138 Å². The smallest absolute Gasteiger partial charge is 0.191 e. The minimum absolute atomic E-state index is 0. The first kappa shape index (κ1) is 18.9. The van der Waals surface area contributed by atoms with E-state index in [1.165, 1.54) is 11.1 Å². The van der Waals surface area contributed by atoms with Gasteiger partial charge >= 0.3 is 0 Å². The van der Waals surface area contributed by atoms with Crippen molar-refractivity contribution in [1.82, 2.24) is 10.6 Å². The summed E-state index contributed by atoms with van der Waals surface area (Å²) < 4.78 is 5.47. The molecule has 1 rings (SSSR count). The van der Waals surface area contributed by atoms with Crippen molar-refractivity contribution in [2.45, 2.75) is 20.1 Å². The first-order valence-electron chi connectivity index (χ1n) is 6.51. The van der Waals surface area contributed by atoms with Crippen LogP contribution in [0.1, 0.15) is 18.1 Å². The Hall–Kier alpha value is -1.08. The summed E-state index contributed by atoms with van der Waals surface area (Å²) in [5.74, 6) is 0.770. The number of halogens is 1. The van der Waals surface area contributed by atoms with Crippen LogP contribution in [0.2, 0.25) is 0 Å². The number of ether oxygens (including phenoxy) is 1. The van der Waals surface area contributed by atoms with Crippen molar-refractivity contribution in [2.24, 2.45) is 4.99 Å². The molecular weight excluding hydrogens is 365 g/mol. The molecule has 0 amide bonds. The number of guanidine groups is 1. The number of benzene rings is 1. The van der Waals surface area contributed by atoms with Gasteiger partial charge in [0.05, 0.1) is 6.61 Å². The Morgan fingerprint density at radius 2 is 2.00 bits per heavy atom. The zero-order valence-corrected chi connectivity index (χ0v) is 14.5. The molecule has 0 aromatic heterocycles. The fraction of sp³-hybridized carbons (Fsp3) is 0.400. The van der Waals surface area contributed by atoms with Crippen LogP contribution in [0.4, 0.5) is 0 Å². The Bertz CT molecular complexity index is 421. The monoisotopic (exact) mass is 389 g/mol. The van der Waals surface area contributed by atoms with Crippen LogP contribution in [0, 0.1) is 0 Å². The van der Waals surface area contributed by atoms with Crippen molar-refractivity contribution < 1.29 is 4.74 Å². The third-order valence-corrected chi connectivity index (χ3v) is 2.66. The second kappa shape index (κ2) is 11.7. The number of nitrogens with zero attached hydrogens (tertiary/aromatic N) is 1. The quantitative estimate of drug-likeness (QED) is 0.326. The van der Waals surface area contributed by atoms with E-state index >= 15 is 0 Å². The summed E-state index contributed by atoms with van der Waals surface area (Å²) in [5, 5.41) is 6.41. The molecule has 0 aliphatic rings. The molecule has 112 valence electrons. The number of nitrogens with one attached hydrogen (secondary N) is 2. The lowest BCUT2D eigenvalue weighted by Crippen LogP contribution is -2.36. The van der Waals surface area contributed by atoms with Crippen LogP contribution in [0.3, 0.4) is 0 Å². The normalized spacial score (nSPS) is 10.6. The Morgan fingerprint density at radius 1 is 1.30 bits per heavy atom. The highest BCUT2D eigenvalue weighted by molar-refractivity contribution is 14.0. The van der Waals surface area contributed by atoms with Crippen LogP contribution in [-0.2, 0) is 17.9 Å². The summed E-state index contributed by atoms with van der Waals surface area (Å²) in [7, 11) is 1.75. The van der Waals surface area contributed by atoms with Gasteiger partial charge in [-0.1, -0.05) is 30.3 Å². The van der Waals surface area contributed by atoms with E-state index in [1.54, 1.807) is 13.1 Å². The molecule has 0 radical (unpaired) electrons. The first-order valence-corrected chi connectivity index (χ1v) is 6.51. The van der Waals surface area contributed by atoms with Crippen molar-refractivity contribution in [1.29, 1.82) is 0 Å². The first-order chi connectivity index (χ1) is 9.31. The third kappa shape index (κ3) is 6.91. The largest absolute Gasteiger partial charge is 0.377 e. The van der Waals surface area contributed by atoms with Crippen molar-refractivity contribution in [3.63, 3.8) is 0 Å². The minimum atomic E-state index is 0. The van der Waals surface area contributed by atoms with Gasteiger partial charge < -0.3 is 15.4 Å². The van der Waals surface area contributed by atoms with E-state index in [9.17, 15) is 0 Å². The minimum Gasteiger partial charge on any atom is -0.377 e. The second-order valence-corrected chi connectivity index (χ2v) is 4.00. The standard InChI is InChI=1S/C15H23N3O.HI/c1-4-10-17-15(16-3)18-11-13-8-6-7-9-14(13)12-19-5-2;/h4,6-9H,1,5,10-12H2,2-3H3,(H2,16,17,18);1H. The molecule has 0 atom stereocenters. The van der Waals surface area contributed by atoms with Gasteiger partial charge in [-0.15, -0.1) is 30.6 Å². The fourth-order valence-corrected chi connectivity index (χ4v) is 1.65. The van der Waals surface area contributed by atoms with E-state index in [-0.39, 0.29) is 24.0 Å². The van der Waals surface area contributed by atoms with Gasteiger partial charge in [0.15, 0.2) is 5.96 Å². The van der Waals surface area contributed by atoms with Crippen LogP contribution in [-0.4, -0.2) is 26.2 Å². The topological polar surface area (TPSA) is 45.7 Å². The van der Waals surface area contributed by atoms with E-state index in [0.717, 1.165) is 19.1 Å². The molecule has 0 aliphatic carbocycles. The Balaban J connectivity index is 0.00000361. The summed E-state index contributed by atoms with van der Waals surface area (Å²) in [6.45, 7) is 8.46. The average molecular weight is 389 g/mol. The fourth-order valence-electron chi connectivity index (χ4n) is 1.65. The molecule has 0 saturated heterocycles. The molecule has 4 nitrogen and oxygen atoms in total. The number of hydrogen-bond donors (Lipinski definition) is 2. The van der Waals surface area contributed by atoms with Gasteiger partial charge in [0, 0.05) is 26.7 Å². The second-order valence-electron chi connectivity index (χ2n) is 4.00. The summed E-state index contributed by atoms with van der Waals surface area (Å²) in [4.78, 5) is 4.15. The molecular formula is C15H24IN3O. The lowest BCUT2D eigenvalue weighted by atomic mass is 10.1. The maximum absolute atomic E-state index is 5.47. The van der Waals surface area contributed by atoms with Gasteiger partial charge in [-0.2, -0.15) is 0 Å². The summed E-state index contributed by atoms with van der Waals surface area (Å²) in [6.07, 6.45) is 1.80. The molecule has 0 spiro atoms. The molecule has 0 fully saturated rings. The third-order valence-electron chi connectivity index (χ3n) is 2.66. The average Bonchev–Trinajstić information content (AvgIpc) is 2.46. The van der Waals surface area contributed by atoms with Crippen molar-refractivity contribution in [2.75, 3.05) is 20.2 Å². The predicted molar refractivity (Wildman–Crippen MR) is 95.6 cm³/mol. The molecule has 0 heterocycles. The molecule has 20 heavy (non-hydrogen) atoms. The lowest BCUT2D eigenvalue weighted by molar-refractivity contribution is 0.133. The van der Waals surface area contributed by atoms with Crippen molar-refractivity contribution >= 4 is 29.9 Å². The Kier molecular flexibility index (Phi) is 11.1. The van der Waals surface area contributed by atoms with E-state index in [2.05, 4.69) is 34.3 Å². The molecule has 0 saturated carbocycles. The molecule has 0 aliphatic heterocycles. The summed E-state index contributed by atoms with van der Waals surface area (Å²) in [5.41, 5.74) is 2.42. The summed E-state index contributed by atoms with van der Waals surface area (Å²) in [6, 6.07) is 8.25.